The summed E-state index contributed by atoms with van der Waals surface area (Å²) >= 11 is 1.30. The van der Waals surface area contributed by atoms with Gasteiger partial charge in [0.1, 0.15) is 5.82 Å². The molecule has 0 radical (unpaired) electrons. The van der Waals surface area contributed by atoms with Gasteiger partial charge in [-0.15, -0.1) is 11.3 Å². The number of aromatic nitrogens is 1. The number of hydrogen-bond acceptors (Lipinski definition) is 4. The molecule has 0 saturated carbocycles. The topological polar surface area (TPSA) is 50.9 Å². The van der Waals surface area contributed by atoms with Crippen molar-refractivity contribution >= 4 is 11.3 Å². The molecule has 0 aliphatic rings. The van der Waals surface area contributed by atoms with E-state index in [0.29, 0.717) is 4.88 Å². The van der Waals surface area contributed by atoms with E-state index in [9.17, 15) is 17.6 Å². The number of hydrazine groups is 1. The van der Waals surface area contributed by atoms with Gasteiger partial charge in [0.25, 0.3) is 0 Å². The fourth-order valence-electron chi connectivity index (χ4n) is 1.79. The largest absolute Gasteiger partial charge is 0.419 e. The molecule has 1 unspecified atom stereocenters. The first kappa shape index (κ1) is 14.9. The number of nitrogens with zero attached hydrogens (tertiary/aromatic N) is 1. The SMILES string of the molecule is Cc1ncc(C(NN)c2ccc(F)c(C(F)(F)F)c2)s1. The van der Waals surface area contributed by atoms with Crippen LogP contribution in [0.2, 0.25) is 0 Å². The fourth-order valence-corrected chi connectivity index (χ4v) is 2.67. The molecule has 1 aromatic heterocycles. The molecule has 1 aromatic carbocycles. The maximum atomic E-state index is 13.3. The van der Waals surface area contributed by atoms with Crippen LogP contribution < -0.4 is 11.3 Å². The van der Waals surface area contributed by atoms with E-state index in [0.717, 1.165) is 17.1 Å². The summed E-state index contributed by atoms with van der Waals surface area (Å²) in [6, 6.07) is 2.15. The molecule has 0 amide bonds. The van der Waals surface area contributed by atoms with Crippen LogP contribution in [0, 0.1) is 12.7 Å². The Balaban J connectivity index is 2.46. The molecule has 0 aliphatic carbocycles. The van der Waals surface area contributed by atoms with Crippen molar-refractivity contribution in [2.45, 2.75) is 19.1 Å². The number of thiazole rings is 1. The lowest BCUT2D eigenvalue weighted by Crippen LogP contribution is -2.28. The highest BCUT2D eigenvalue weighted by atomic mass is 32.1. The predicted molar refractivity (Wildman–Crippen MR) is 67.4 cm³/mol. The van der Waals surface area contributed by atoms with E-state index in [-0.39, 0.29) is 5.56 Å². The van der Waals surface area contributed by atoms with Crippen molar-refractivity contribution in [3.05, 3.63) is 51.2 Å². The molecule has 20 heavy (non-hydrogen) atoms. The second-order valence-corrected chi connectivity index (χ2v) is 5.38. The van der Waals surface area contributed by atoms with Crippen LogP contribution in [0.3, 0.4) is 0 Å². The molecule has 0 fully saturated rings. The molecule has 8 heteroatoms. The van der Waals surface area contributed by atoms with Crippen LogP contribution in [0.5, 0.6) is 0 Å². The Labute approximate surface area is 116 Å². The third-order valence-electron chi connectivity index (χ3n) is 2.72. The van der Waals surface area contributed by atoms with Crippen molar-refractivity contribution in [1.29, 1.82) is 0 Å². The summed E-state index contributed by atoms with van der Waals surface area (Å²) < 4.78 is 51.4. The average molecular weight is 305 g/mol. The summed E-state index contributed by atoms with van der Waals surface area (Å²) in [5.74, 6) is 4.09. The summed E-state index contributed by atoms with van der Waals surface area (Å²) in [6.45, 7) is 1.77. The van der Waals surface area contributed by atoms with Gasteiger partial charge in [-0.1, -0.05) is 6.07 Å². The number of aryl methyl sites for hydroxylation is 1. The second kappa shape index (κ2) is 5.47. The third kappa shape index (κ3) is 2.97. The lowest BCUT2D eigenvalue weighted by molar-refractivity contribution is -0.140. The highest BCUT2D eigenvalue weighted by Crippen LogP contribution is 2.34. The molecule has 3 N–H and O–H groups in total. The predicted octanol–water partition coefficient (Wildman–Crippen LogP) is 3.16. The first-order chi connectivity index (χ1) is 9.32. The van der Waals surface area contributed by atoms with Crippen molar-refractivity contribution in [3.8, 4) is 0 Å². The minimum absolute atomic E-state index is 0.227. The molecule has 2 aromatic rings. The van der Waals surface area contributed by atoms with Gasteiger partial charge in [0.2, 0.25) is 0 Å². The zero-order valence-electron chi connectivity index (χ0n) is 10.3. The molecule has 0 saturated heterocycles. The van der Waals surface area contributed by atoms with Crippen LogP contribution in [0.25, 0.3) is 0 Å². The van der Waals surface area contributed by atoms with Gasteiger partial charge in [-0.05, 0) is 24.6 Å². The first-order valence-electron chi connectivity index (χ1n) is 5.58. The maximum Gasteiger partial charge on any atom is 0.419 e. The summed E-state index contributed by atoms with van der Waals surface area (Å²) in [5, 5.41) is 0.762. The van der Waals surface area contributed by atoms with Crippen molar-refractivity contribution in [2.24, 2.45) is 5.84 Å². The zero-order chi connectivity index (χ0) is 14.9. The molecule has 3 nitrogen and oxygen atoms in total. The molecular formula is C12H11F4N3S. The van der Waals surface area contributed by atoms with Crippen LogP contribution in [0.4, 0.5) is 17.6 Å². The van der Waals surface area contributed by atoms with E-state index in [1.807, 2.05) is 0 Å². The fraction of sp³-hybridized carbons (Fsp3) is 0.250. The van der Waals surface area contributed by atoms with Gasteiger partial charge in [0.05, 0.1) is 16.6 Å². The molecule has 108 valence electrons. The van der Waals surface area contributed by atoms with Gasteiger partial charge >= 0.3 is 6.18 Å². The summed E-state index contributed by atoms with van der Waals surface area (Å²) in [7, 11) is 0. The number of nitrogens with two attached hydrogens (primary N) is 1. The third-order valence-corrected chi connectivity index (χ3v) is 3.70. The smallest absolute Gasteiger partial charge is 0.271 e. The minimum atomic E-state index is -4.75. The Bertz CT molecular complexity index is 609. The van der Waals surface area contributed by atoms with Crippen LogP contribution in [-0.4, -0.2) is 4.98 Å². The van der Waals surface area contributed by atoms with Gasteiger partial charge in [0, 0.05) is 11.1 Å². The first-order valence-corrected chi connectivity index (χ1v) is 6.39. The van der Waals surface area contributed by atoms with E-state index in [1.54, 1.807) is 6.92 Å². The van der Waals surface area contributed by atoms with E-state index >= 15 is 0 Å². The Morgan fingerprint density at radius 1 is 1.35 bits per heavy atom. The second-order valence-electron chi connectivity index (χ2n) is 4.12. The van der Waals surface area contributed by atoms with Gasteiger partial charge in [-0.25, -0.2) is 14.8 Å². The molecular weight excluding hydrogens is 294 g/mol. The molecule has 1 atom stereocenters. The number of rotatable bonds is 3. The standard InChI is InChI=1S/C12H11F4N3S/c1-6-18-5-10(20-6)11(19-17)7-2-3-9(13)8(4-7)12(14,15)16/h2-5,11,19H,17H2,1H3. The minimum Gasteiger partial charge on any atom is -0.271 e. The van der Waals surface area contributed by atoms with Crippen molar-refractivity contribution in [3.63, 3.8) is 0 Å². The van der Waals surface area contributed by atoms with Crippen molar-refractivity contribution in [2.75, 3.05) is 0 Å². The number of halogens is 4. The lowest BCUT2D eigenvalue weighted by Gasteiger charge is -2.16. The summed E-state index contributed by atoms with van der Waals surface area (Å²) in [4.78, 5) is 4.68. The molecule has 1 heterocycles. The number of hydrogen-bond donors (Lipinski definition) is 2. The summed E-state index contributed by atoms with van der Waals surface area (Å²) in [5.41, 5.74) is 1.34. The Morgan fingerprint density at radius 3 is 2.55 bits per heavy atom. The van der Waals surface area contributed by atoms with E-state index in [2.05, 4.69) is 10.4 Å². The van der Waals surface area contributed by atoms with Crippen LogP contribution >= 0.6 is 11.3 Å². The lowest BCUT2D eigenvalue weighted by atomic mass is 10.0. The van der Waals surface area contributed by atoms with Crippen LogP contribution in [0.1, 0.15) is 27.1 Å². The maximum absolute atomic E-state index is 13.3. The number of alkyl halides is 3. The number of benzene rings is 1. The van der Waals surface area contributed by atoms with Gasteiger partial charge in [-0.2, -0.15) is 13.2 Å². The van der Waals surface area contributed by atoms with Gasteiger partial charge < -0.3 is 0 Å². The Hall–Kier alpha value is -1.51. The van der Waals surface area contributed by atoms with Crippen LogP contribution in [0.15, 0.2) is 24.4 Å². The Kier molecular flexibility index (Phi) is 4.07. The van der Waals surface area contributed by atoms with E-state index in [1.165, 1.54) is 23.6 Å². The van der Waals surface area contributed by atoms with Crippen molar-refractivity contribution in [1.82, 2.24) is 10.4 Å². The molecule has 0 spiro atoms. The molecule has 0 bridgehead atoms. The zero-order valence-corrected chi connectivity index (χ0v) is 11.1. The van der Waals surface area contributed by atoms with E-state index < -0.39 is 23.6 Å². The Morgan fingerprint density at radius 2 is 2.05 bits per heavy atom. The van der Waals surface area contributed by atoms with Crippen molar-refractivity contribution < 1.29 is 17.6 Å². The number of nitrogens with one attached hydrogen (secondary N) is 1. The van der Waals surface area contributed by atoms with Gasteiger partial charge in [-0.3, -0.25) is 5.84 Å². The highest BCUT2D eigenvalue weighted by molar-refractivity contribution is 7.11. The van der Waals surface area contributed by atoms with Gasteiger partial charge in [0.15, 0.2) is 0 Å². The molecule has 2 rings (SSSR count). The average Bonchev–Trinajstić information content (AvgIpc) is 2.77. The molecule has 0 aliphatic heterocycles. The van der Waals surface area contributed by atoms with Crippen LogP contribution in [-0.2, 0) is 6.18 Å². The highest BCUT2D eigenvalue weighted by Gasteiger charge is 2.34. The normalized spacial score (nSPS) is 13.5. The monoisotopic (exact) mass is 305 g/mol. The summed E-state index contributed by atoms with van der Waals surface area (Å²) in [6.07, 6.45) is -3.22. The quantitative estimate of drug-likeness (QED) is 0.520. The van der Waals surface area contributed by atoms with E-state index in [4.69, 9.17) is 5.84 Å².